The number of amides is 8. The Labute approximate surface area is 357 Å². The van der Waals surface area contributed by atoms with Crippen LogP contribution in [0.1, 0.15) is 108 Å². The van der Waals surface area contributed by atoms with Crippen molar-refractivity contribution < 1.29 is 38.4 Å². The average molecular weight is 825 g/mol. The lowest BCUT2D eigenvalue weighted by atomic mass is 10.1. The predicted molar refractivity (Wildman–Crippen MR) is 229 cm³/mol. The summed E-state index contributed by atoms with van der Waals surface area (Å²) < 4.78 is 0. The molecule has 0 saturated carbocycles. The van der Waals surface area contributed by atoms with Gasteiger partial charge in [0.2, 0.25) is 0 Å². The molecule has 4 aliphatic rings. The molecule has 4 aliphatic heterocycles. The van der Waals surface area contributed by atoms with Gasteiger partial charge in [-0.15, -0.1) is 0 Å². The second-order valence-corrected chi connectivity index (χ2v) is 14.3. The van der Waals surface area contributed by atoms with E-state index in [1.54, 1.807) is 117 Å². The molecular formula is C50H40N4O8. The third-order valence-electron chi connectivity index (χ3n) is 10.5. The summed E-state index contributed by atoms with van der Waals surface area (Å²) in [6, 6.07) is 46.6. The summed E-state index contributed by atoms with van der Waals surface area (Å²) in [7, 11) is 0. The minimum atomic E-state index is -0.318. The van der Waals surface area contributed by atoms with E-state index in [0.29, 0.717) is 57.6 Å². The molecule has 4 heterocycles. The topological polar surface area (TPSA) is 150 Å². The van der Waals surface area contributed by atoms with Gasteiger partial charge in [0.25, 0.3) is 47.3 Å². The largest absolute Gasteiger partial charge is 0.275 e. The Hall–Kier alpha value is -8.12. The zero-order valence-corrected chi connectivity index (χ0v) is 33.9. The van der Waals surface area contributed by atoms with Crippen LogP contribution in [0.25, 0.3) is 0 Å². The first-order chi connectivity index (χ1) is 30.0. The lowest BCUT2D eigenvalue weighted by molar-refractivity contribution is 0.0630. The summed E-state index contributed by atoms with van der Waals surface area (Å²) in [4.78, 5) is 101. The number of carbonyl (C=O) groups is 8. The van der Waals surface area contributed by atoms with Crippen molar-refractivity contribution in [3.63, 3.8) is 0 Å². The van der Waals surface area contributed by atoms with E-state index < -0.39 is 0 Å². The van der Waals surface area contributed by atoms with Crippen molar-refractivity contribution in [3.8, 4) is 0 Å². The highest BCUT2D eigenvalue weighted by Crippen LogP contribution is 2.27. The van der Waals surface area contributed by atoms with E-state index in [0.717, 1.165) is 11.1 Å². The van der Waals surface area contributed by atoms with Gasteiger partial charge in [0.05, 0.1) is 57.6 Å². The van der Waals surface area contributed by atoms with Gasteiger partial charge in [-0.25, -0.2) is 0 Å². The van der Waals surface area contributed by atoms with Gasteiger partial charge >= 0.3 is 0 Å². The molecule has 0 aromatic heterocycles. The van der Waals surface area contributed by atoms with Crippen molar-refractivity contribution in [3.05, 3.63) is 213 Å². The van der Waals surface area contributed by atoms with E-state index in [1.165, 1.54) is 19.6 Å². The van der Waals surface area contributed by atoms with Crippen molar-refractivity contribution in [1.82, 2.24) is 19.6 Å². The standard InChI is InChI=1S/C24H16N2O4.2C10H9NO2.C6H6/c27-21-17-8-1-2-9-18(17)22(28)25(21)13-15-6-5-7-16(12-15)14-26-23(29)19-10-3-4-11-20(19)24(26)30;2*1-2-11-9(12)7-5-3-4-6-8(7)10(11)13;1-2-4-6-5-3-1/h1-12H,13-14H2;2*3-6H,2H2,1H3;1-6H. The van der Waals surface area contributed by atoms with Crippen LogP contribution >= 0.6 is 0 Å². The number of carbonyl (C=O) groups excluding carboxylic acids is 8. The van der Waals surface area contributed by atoms with Crippen LogP contribution in [0, 0.1) is 0 Å². The van der Waals surface area contributed by atoms with Crippen LogP contribution in [0.5, 0.6) is 0 Å². The Morgan fingerprint density at radius 1 is 0.274 bits per heavy atom. The van der Waals surface area contributed by atoms with E-state index in [-0.39, 0.29) is 60.3 Å². The SMILES string of the molecule is CCN1C(=O)c2ccccc2C1=O.CCN1C(=O)c2ccccc2C1=O.O=C1c2ccccc2C(=O)N1Cc1cccc(CN2C(=O)c3ccccc3C2=O)c1.c1ccccc1. The van der Waals surface area contributed by atoms with E-state index in [4.69, 9.17) is 0 Å². The first-order valence-corrected chi connectivity index (χ1v) is 19.9. The van der Waals surface area contributed by atoms with E-state index in [2.05, 4.69) is 0 Å². The molecule has 8 amide bonds. The van der Waals surface area contributed by atoms with E-state index in [9.17, 15) is 38.4 Å². The van der Waals surface area contributed by atoms with Gasteiger partial charge in [0.15, 0.2) is 0 Å². The number of nitrogens with zero attached hydrogens (tertiary/aromatic N) is 4. The fraction of sp³-hybridized carbons (Fsp3) is 0.120. The maximum absolute atomic E-state index is 12.6. The first kappa shape index (κ1) is 42.0. The molecule has 62 heavy (non-hydrogen) atoms. The average Bonchev–Trinajstić information content (AvgIpc) is 3.91. The number of rotatable bonds is 6. The van der Waals surface area contributed by atoms with Crippen LogP contribution in [-0.2, 0) is 13.1 Å². The number of benzene rings is 6. The molecule has 0 saturated heterocycles. The predicted octanol–water partition coefficient (Wildman–Crippen LogP) is 7.57. The molecular weight excluding hydrogens is 785 g/mol. The van der Waals surface area contributed by atoms with Crippen molar-refractivity contribution in [2.75, 3.05) is 13.1 Å². The quantitative estimate of drug-likeness (QED) is 0.156. The molecule has 0 N–H and O–H groups in total. The van der Waals surface area contributed by atoms with Crippen molar-refractivity contribution in [2.24, 2.45) is 0 Å². The fourth-order valence-corrected chi connectivity index (χ4v) is 7.39. The molecule has 0 unspecified atom stereocenters. The maximum Gasteiger partial charge on any atom is 0.261 e. The third kappa shape index (κ3) is 8.21. The molecule has 0 radical (unpaired) electrons. The first-order valence-electron chi connectivity index (χ1n) is 19.9. The van der Waals surface area contributed by atoms with Gasteiger partial charge < -0.3 is 0 Å². The second-order valence-electron chi connectivity index (χ2n) is 14.3. The van der Waals surface area contributed by atoms with Crippen LogP contribution in [0.2, 0.25) is 0 Å². The van der Waals surface area contributed by atoms with Crippen LogP contribution in [0.15, 0.2) is 158 Å². The lowest BCUT2D eigenvalue weighted by Crippen LogP contribution is -2.30. The minimum absolute atomic E-state index is 0.127. The van der Waals surface area contributed by atoms with Gasteiger partial charge in [0.1, 0.15) is 0 Å². The Balaban J connectivity index is 0.000000148. The molecule has 12 nitrogen and oxygen atoms in total. The highest BCUT2D eigenvalue weighted by molar-refractivity contribution is 6.23. The molecule has 0 fully saturated rings. The monoisotopic (exact) mass is 824 g/mol. The van der Waals surface area contributed by atoms with Gasteiger partial charge in [-0.05, 0) is 73.5 Å². The highest BCUT2D eigenvalue weighted by atomic mass is 16.2. The summed E-state index contributed by atoms with van der Waals surface area (Å²) in [5, 5.41) is 0. The number of hydrogen-bond donors (Lipinski definition) is 0. The molecule has 0 atom stereocenters. The summed E-state index contributed by atoms with van der Waals surface area (Å²) >= 11 is 0. The van der Waals surface area contributed by atoms with Gasteiger partial charge in [-0.2, -0.15) is 0 Å². The minimum Gasteiger partial charge on any atom is -0.275 e. The zero-order valence-electron chi connectivity index (χ0n) is 33.9. The molecule has 0 spiro atoms. The fourth-order valence-electron chi connectivity index (χ4n) is 7.39. The van der Waals surface area contributed by atoms with Gasteiger partial charge in [0, 0.05) is 13.1 Å². The normalized spacial score (nSPS) is 14.4. The Morgan fingerprint density at radius 2 is 0.484 bits per heavy atom. The van der Waals surface area contributed by atoms with Gasteiger partial charge in [-0.3, -0.25) is 58.0 Å². The third-order valence-corrected chi connectivity index (χ3v) is 10.5. The summed E-state index contributed by atoms with van der Waals surface area (Å²) in [6.07, 6.45) is 0. The van der Waals surface area contributed by atoms with Crippen LogP contribution in [0.3, 0.4) is 0 Å². The van der Waals surface area contributed by atoms with Crippen molar-refractivity contribution in [1.29, 1.82) is 0 Å². The molecule has 0 bridgehead atoms. The Bertz CT molecular complexity index is 2430. The summed E-state index contributed by atoms with van der Waals surface area (Å²) in [5.41, 5.74) is 5.22. The molecule has 10 rings (SSSR count). The number of hydrogen-bond acceptors (Lipinski definition) is 8. The van der Waals surface area contributed by atoms with Gasteiger partial charge in [-0.1, -0.05) is 109 Å². The van der Waals surface area contributed by atoms with E-state index >= 15 is 0 Å². The molecule has 308 valence electrons. The van der Waals surface area contributed by atoms with Crippen molar-refractivity contribution in [2.45, 2.75) is 26.9 Å². The van der Waals surface area contributed by atoms with Crippen LogP contribution in [0.4, 0.5) is 0 Å². The summed E-state index contributed by atoms with van der Waals surface area (Å²) in [5.74, 6) is -1.98. The molecule has 6 aromatic carbocycles. The summed E-state index contributed by atoms with van der Waals surface area (Å²) in [6.45, 7) is 4.71. The molecule has 12 heteroatoms. The van der Waals surface area contributed by atoms with E-state index in [1.807, 2.05) is 54.6 Å². The Kier molecular flexibility index (Phi) is 12.5. The zero-order chi connectivity index (χ0) is 43.9. The molecule has 6 aromatic rings. The molecule has 0 aliphatic carbocycles. The lowest BCUT2D eigenvalue weighted by Gasteiger charge is -2.17. The highest BCUT2D eigenvalue weighted by Gasteiger charge is 2.37. The number of imide groups is 4. The maximum atomic E-state index is 12.6. The second kappa shape index (κ2) is 18.4. The number of fused-ring (bicyclic) bond motifs is 4. The Morgan fingerprint density at radius 3 is 0.694 bits per heavy atom. The van der Waals surface area contributed by atoms with Crippen molar-refractivity contribution >= 4 is 47.3 Å². The smallest absolute Gasteiger partial charge is 0.261 e. The van der Waals surface area contributed by atoms with Crippen LogP contribution in [-0.4, -0.2) is 79.9 Å². The van der Waals surface area contributed by atoms with Crippen LogP contribution < -0.4 is 0 Å².